The zero-order chi connectivity index (χ0) is 25.3. The monoisotopic (exact) mass is 482 g/mol. The first-order valence-corrected chi connectivity index (χ1v) is 12.7. The van der Waals surface area contributed by atoms with Crippen molar-refractivity contribution in [3.63, 3.8) is 0 Å². The van der Waals surface area contributed by atoms with Crippen molar-refractivity contribution < 1.29 is 19.1 Å². The predicted octanol–water partition coefficient (Wildman–Crippen LogP) is 4.20. The van der Waals surface area contributed by atoms with E-state index in [1.54, 1.807) is 0 Å². The molecule has 2 aliphatic heterocycles. The van der Waals surface area contributed by atoms with Gasteiger partial charge in [-0.3, -0.25) is 9.59 Å². The van der Waals surface area contributed by atoms with Crippen LogP contribution in [0.25, 0.3) is 10.9 Å². The van der Waals surface area contributed by atoms with Gasteiger partial charge < -0.3 is 25.3 Å². The van der Waals surface area contributed by atoms with Crippen LogP contribution in [0.15, 0.2) is 24.3 Å². The van der Waals surface area contributed by atoms with Gasteiger partial charge >= 0.3 is 6.09 Å². The normalized spacial score (nSPS) is 22.1. The average molecular weight is 483 g/mol. The molecular weight excluding hydrogens is 444 g/mol. The fraction of sp³-hybridized carbons (Fsp3) is 0.593. The maximum atomic E-state index is 13.7. The van der Waals surface area contributed by atoms with Gasteiger partial charge in [0, 0.05) is 29.6 Å². The number of H-pyrrole nitrogens is 1. The topological polar surface area (TPSA) is 104 Å². The number of carbonyl (C=O) groups excluding carboxylic acids is 3. The number of para-hydroxylation sites is 1. The van der Waals surface area contributed by atoms with Crippen LogP contribution in [0.4, 0.5) is 4.79 Å². The van der Waals surface area contributed by atoms with Crippen LogP contribution in [0, 0.1) is 5.92 Å². The molecule has 8 nitrogen and oxygen atoms in total. The highest BCUT2D eigenvalue weighted by Gasteiger charge is 2.48. The van der Waals surface area contributed by atoms with Crippen molar-refractivity contribution in [2.45, 2.75) is 90.4 Å². The highest BCUT2D eigenvalue weighted by molar-refractivity contribution is 5.99. The molecule has 190 valence electrons. The highest BCUT2D eigenvalue weighted by atomic mass is 16.6. The Morgan fingerprint density at radius 1 is 1.20 bits per heavy atom. The Balaban J connectivity index is 1.45. The molecule has 2 aliphatic rings. The molecule has 0 saturated carbocycles. The quantitative estimate of drug-likeness (QED) is 0.515. The molecule has 0 radical (unpaired) electrons. The van der Waals surface area contributed by atoms with Gasteiger partial charge in [-0.1, -0.05) is 32.0 Å². The number of rotatable bonds is 7. The van der Waals surface area contributed by atoms with Crippen molar-refractivity contribution in [1.29, 1.82) is 0 Å². The zero-order valence-electron chi connectivity index (χ0n) is 21.4. The fourth-order valence-corrected chi connectivity index (χ4v) is 5.26. The number of hydrogen-bond acceptors (Lipinski definition) is 4. The minimum absolute atomic E-state index is 0.00958. The van der Waals surface area contributed by atoms with Crippen molar-refractivity contribution in [1.82, 2.24) is 20.5 Å². The number of ether oxygens (including phenoxy) is 1. The third-order valence-corrected chi connectivity index (χ3v) is 6.70. The maximum absolute atomic E-state index is 13.7. The lowest BCUT2D eigenvalue weighted by Gasteiger charge is -2.47. The van der Waals surface area contributed by atoms with Crippen molar-refractivity contribution in [2.75, 3.05) is 6.54 Å². The number of fused-ring (bicyclic) bond motifs is 4. The van der Waals surface area contributed by atoms with E-state index in [1.807, 2.05) is 37.8 Å². The number of nitrogens with one attached hydrogen (secondary N) is 3. The second-order valence-electron chi connectivity index (χ2n) is 11.2. The number of piperazine rings is 1. The molecule has 1 saturated heterocycles. The second-order valence-corrected chi connectivity index (χ2v) is 11.2. The molecule has 2 unspecified atom stereocenters. The molecule has 3 atom stereocenters. The molecule has 0 aliphatic carbocycles. The van der Waals surface area contributed by atoms with Crippen molar-refractivity contribution >= 4 is 28.8 Å². The molecule has 3 amide bonds. The Morgan fingerprint density at radius 3 is 2.66 bits per heavy atom. The lowest BCUT2D eigenvalue weighted by molar-refractivity contribution is -0.154. The lowest BCUT2D eigenvalue weighted by Crippen LogP contribution is -2.65. The van der Waals surface area contributed by atoms with E-state index in [1.165, 1.54) is 0 Å². The number of amides is 3. The van der Waals surface area contributed by atoms with Crippen LogP contribution in [0.1, 0.15) is 77.6 Å². The van der Waals surface area contributed by atoms with Crippen LogP contribution < -0.4 is 10.6 Å². The molecular formula is C27H38N4O4. The third kappa shape index (κ3) is 5.46. The molecule has 2 aromatic rings. The highest BCUT2D eigenvalue weighted by Crippen LogP contribution is 2.41. The van der Waals surface area contributed by atoms with E-state index in [0.29, 0.717) is 38.1 Å². The third-order valence-electron chi connectivity index (χ3n) is 6.70. The van der Waals surface area contributed by atoms with E-state index in [-0.39, 0.29) is 17.9 Å². The number of benzene rings is 1. The molecule has 0 spiro atoms. The first kappa shape index (κ1) is 25.1. The summed E-state index contributed by atoms with van der Waals surface area (Å²) in [6, 6.07) is 6.98. The van der Waals surface area contributed by atoms with E-state index in [9.17, 15) is 14.4 Å². The lowest BCUT2D eigenvalue weighted by atomic mass is 9.85. The van der Waals surface area contributed by atoms with Crippen LogP contribution in [-0.2, 0) is 20.7 Å². The van der Waals surface area contributed by atoms with Crippen LogP contribution in [0.5, 0.6) is 0 Å². The summed E-state index contributed by atoms with van der Waals surface area (Å²) in [6.45, 7) is 10.2. The van der Waals surface area contributed by atoms with Gasteiger partial charge in [-0.05, 0) is 64.0 Å². The summed E-state index contributed by atoms with van der Waals surface area (Å²) in [5, 5.41) is 6.87. The molecule has 3 N–H and O–H groups in total. The summed E-state index contributed by atoms with van der Waals surface area (Å²) >= 11 is 0. The van der Waals surface area contributed by atoms with Crippen LogP contribution in [-0.4, -0.2) is 52.0 Å². The Bertz CT molecular complexity index is 1100. The minimum atomic E-state index is -0.541. The average Bonchev–Trinajstić information content (AvgIpc) is 3.14. The van der Waals surface area contributed by atoms with Crippen LogP contribution in [0.2, 0.25) is 0 Å². The molecule has 4 rings (SSSR count). The summed E-state index contributed by atoms with van der Waals surface area (Å²) in [7, 11) is 0. The summed E-state index contributed by atoms with van der Waals surface area (Å²) < 4.78 is 5.25. The molecule has 3 heterocycles. The molecule has 8 heteroatoms. The molecule has 1 fully saturated rings. The summed E-state index contributed by atoms with van der Waals surface area (Å²) in [5.41, 5.74) is 2.74. The Labute approximate surface area is 207 Å². The Hall–Kier alpha value is -3.03. The molecule has 1 aromatic heterocycles. The predicted molar refractivity (Wildman–Crippen MR) is 135 cm³/mol. The van der Waals surface area contributed by atoms with E-state index >= 15 is 0 Å². The van der Waals surface area contributed by atoms with Gasteiger partial charge in [0.05, 0.1) is 6.04 Å². The number of aromatic amines is 1. The van der Waals surface area contributed by atoms with Gasteiger partial charge in [0.2, 0.25) is 11.8 Å². The largest absolute Gasteiger partial charge is 0.444 e. The van der Waals surface area contributed by atoms with Gasteiger partial charge in [-0.2, -0.15) is 0 Å². The van der Waals surface area contributed by atoms with Gasteiger partial charge in [-0.15, -0.1) is 0 Å². The van der Waals surface area contributed by atoms with Gasteiger partial charge in [0.25, 0.3) is 0 Å². The van der Waals surface area contributed by atoms with Gasteiger partial charge in [-0.25, -0.2) is 4.79 Å². The summed E-state index contributed by atoms with van der Waals surface area (Å²) in [6.07, 6.45) is 2.82. The number of alkyl carbamates (subject to hydrolysis) is 1. The Morgan fingerprint density at radius 2 is 1.94 bits per heavy atom. The maximum Gasteiger partial charge on any atom is 0.407 e. The number of carbonyl (C=O) groups is 3. The summed E-state index contributed by atoms with van der Waals surface area (Å²) in [5.74, 6) is 0.281. The second kappa shape index (κ2) is 9.91. The standard InChI is InChI=1S/C27H38N4O4/c1-16(2)14-21-23-18(17-10-6-7-11-19(17)29-23)15-22-24(32)30-20(25(33)31(21)22)12-8-9-13-28-26(34)35-27(3,4)5/h6-7,10-11,16,20-22,29H,8-9,12-15H2,1-5H3,(H,28,34)(H,30,32)/t20?,21?,22-/m0/s1. The minimum Gasteiger partial charge on any atom is -0.444 e. The SMILES string of the molecule is CC(C)CC1c2[nH]c3ccccc3c2C[C@H]2C(=O)NC(CCCCNC(=O)OC(C)(C)C)C(=O)N12. The van der Waals surface area contributed by atoms with Gasteiger partial charge in [0.1, 0.15) is 17.7 Å². The van der Waals surface area contributed by atoms with E-state index in [2.05, 4.69) is 41.6 Å². The van der Waals surface area contributed by atoms with E-state index in [4.69, 9.17) is 4.74 Å². The number of unbranched alkanes of at least 4 members (excludes halogenated alkanes) is 1. The smallest absolute Gasteiger partial charge is 0.407 e. The molecule has 0 bridgehead atoms. The first-order valence-electron chi connectivity index (χ1n) is 12.7. The number of nitrogens with zero attached hydrogens (tertiary/aromatic N) is 1. The van der Waals surface area contributed by atoms with Crippen LogP contribution >= 0.6 is 0 Å². The molecule has 1 aromatic carbocycles. The van der Waals surface area contributed by atoms with Crippen molar-refractivity contribution in [2.24, 2.45) is 5.92 Å². The van der Waals surface area contributed by atoms with Crippen LogP contribution in [0.3, 0.4) is 0 Å². The van der Waals surface area contributed by atoms with Crippen molar-refractivity contribution in [3.8, 4) is 0 Å². The number of hydrogen-bond donors (Lipinski definition) is 3. The molecule has 35 heavy (non-hydrogen) atoms. The van der Waals surface area contributed by atoms with E-state index < -0.39 is 23.8 Å². The number of aromatic nitrogens is 1. The zero-order valence-corrected chi connectivity index (χ0v) is 21.4. The Kier molecular flexibility index (Phi) is 7.10. The van der Waals surface area contributed by atoms with Gasteiger partial charge in [0.15, 0.2) is 0 Å². The van der Waals surface area contributed by atoms with E-state index in [0.717, 1.165) is 28.6 Å². The summed E-state index contributed by atoms with van der Waals surface area (Å²) in [4.78, 5) is 44.1. The first-order chi connectivity index (χ1) is 16.5. The van der Waals surface area contributed by atoms with Crippen molar-refractivity contribution in [3.05, 3.63) is 35.5 Å². The fourth-order valence-electron chi connectivity index (χ4n) is 5.26.